The number of aryl methyl sites for hydroxylation is 1. The van der Waals surface area contributed by atoms with Crippen LogP contribution in [0, 0.1) is 12.7 Å². The number of benzene rings is 2. The lowest BCUT2D eigenvalue weighted by Crippen LogP contribution is -2.02. The van der Waals surface area contributed by atoms with Crippen molar-refractivity contribution in [3.8, 4) is 11.5 Å². The topological polar surface area (TPSA) is 72.5 Å². The third-order valence-corrected chi connectivity index (χ3v) is 2.61. The molecule has 4 nitrogen and oxygen atoms in total. The van der Waals surface area contributed by atoms with Gasteiger partial charge < -0.3 is 15.6 Å². The van der Waals surface area contributed by atoms with Crippen molar-refractivity contribution in [3.05, 3.63) is 53.3 Å². The normalized spacial score (nSPS) is 10.2. The highest BCUT2D eigenvalue weighted by molar-refractivity contribution is 5.91. The van der Waals surface area contributed by atoms with E-state index in [0.717, 1.165) is 0 Å². The first-order chi connectivity index (χ1) is 8.99. The Labute approximate surface area is 109 Å². The molecule has 0 fully saturated rings. The Bertz CT molecular complexity index is 641. The fourth-order valence-electron chi connectivity index (χ4n) is 1.62. The first-order valence-electron chi connectivity index (χ1n) is 5.55. The van der Waals surface area contributed by atoms with Gasteiger partial charge in [0.1, 0.15) is 11.3 Å². The lowest BCUT2D eigenvalue weighted by Gasteiger charge is -2.11. The summed E-state index contributed by atoms with van der Waals surface area (Å²) in [7, 11) is 0. The predicted octanol–water partition coefficient (Wildman–Crippen LogP) is 3.21. The molecular formula is C14H12FNO3. The highest BCUT2D eigenvalue weighted by atomic mass is 19.1. The molecule has 2 aromatic carbocycles. The minimum Gasteiger partial charge on any atom is -0.478 e. The maximum Gasteiger partial charge on any atom is 0.339 e. The number of halogens is 1. The number of anilines is 1. The zero-order valence-electron chi connectivity index (χ0n) is 10.2. The van der Waals surface area contributed by atoms with Gasteiger partial charge in [0.15, 0.2) is 11.6 Å². The molecule has 0 unspecified atom stereocenters. The average molecular weight is 261 g/mol. The van der Waals surface area contributed by atoms with Crippen LogP contribution >= 0.6 is 0 Å². The summed E-state index contributed by atoms with van der Waals surface area (Å²) < 4.78 is 19.1. The third kappa shape index (κ3) is 2.65. The van der Waals surface area contributed by atoms with E-state index >= 15 is 0 Å². The Morgan fingerprint density at radius 3 is 2.68 bits per heavy atom. The van der Waals surface area contributed by atoms with Gasteiger partial charge in [0.2, 0.25) is 0 Å². The van der Waals surface area contributed by atoms with Crippen molar-refractivity contribution in [2.75, 3.05) is 5.73 Å². The van der Waals surface area contributed by atoms with E-state index in [1.54, 1.807) is 19.1 Å². The second-order valence-electron chi connectivity index (χ2n) is 4.05. The molecule has 0 aromatic heterocycles. The molecule has 2 rings (SSSR count). The summed E-state index contributed by atoms with van der Waals surface area (Å²) in [6, 6.07) is 8.77. The number of carboxylic acids is 1. The van der Waals surface area contributed by atoms with Crippen molar-refractivity contribution in [2.45, 2.75) is 6.92 Å². The fraction of sp³-hybridized carbons (Fsp3) is 0.0714. The Morgan fingerprint density at radius 1 is 1.26 bits per heavy atom. The Hall–Kier alpha value is -2.56. The van der Waals surface area contributed by atoms with Gasteiger partial charge in [0.05, 0.1) is 0 Å². The van der Waals surface area contributed by atoms with Gasteiger partial charge in [0, 0.05) is 11.8 Å². The van der Waals surface area contributed by atoms with Crippen LogP contribution in [0.25, 0.3) is 0 Å². The number of nitrogen functional groups attached to an aromatic ring is 1. The number of hydrogen-bond acceptors (Lipinski definition) is 3. The van der Waals surface area contributed by atoms with Crippen LogP contribution in [0.5, 0.6) is 11.5 Å². The summed E-state index contributed by atoms with van der Waals surface area (Å²) >= 11 is 0. The number of hydrogen-bond donors (Lipinski definition) is 2. The van der Waals surface area contributed by atoms with Crippen LogP contribution < -0.4 is 10.5 Å². The fourth-order valence-corrected chi connectivity index (χ4v) is 1.62. The van der Waals surface area contributed by atoms with Crippen LogP contribution in [0.2, 0.25) is 0 Å². The summed E-state index contributed by atoms with van der Waals surface area (Å²) in [5.41, 5.74) is 6.26. The van der Waals surface area contributed by atoms with Crippen LogP contribution in [-0.4, -0.2) is 11.1 Å². The standard InChI is InChI=1S/C14H12FNO3/c1-8-3-2-4-11(13(8)15)19-12-7-9(16)5-6-10(12)14(17)18/h2-7H,16H2,1H3,(H,17,18). The average Bonchev–Trinajstić information content (AvgIpc) is 2.35. The van der Waals surface area contributed by atoms with Crippen molar-refractivity contribution in [2.24, 2.45) is 0 Å². The lowest BCUT2D eigenvalue weighted by atomic mass is 10.1. The molecule has 0 bridgehead atoms. The van der Waals surface area contributed by atoms with Gasteiger partial charge in [-0.25, -0.2) is 9.18 Å². The van der Waals surface area contributed by atoms with Gasteiger partial charge in [-0.2, -0.15) is 0 Å². The monoisotopic (exact) mass is 261 g/mol. The van der Waals surface area contributed by atoms with Crippen molar-refractivity contribution in [1.29, 1.82) is 0 Å². The maximum atomic E-state index is 13.8. The second-order valence-corrected chi connectivity index (χ2v) is 4.05. The summed E-state index contributed by atoms with van der Waals surface area (Å²) in [5, 5.41) is 9.04. The minimum atomic E-state index is -1.16. The number of nitrogens with two attached hydrogens (primary N) is 1. The van der Waals surface area contributed by atoms with Crippen LogP contribution in [0.3, 0.4) is 0 Å². The maximum absolute atomic E-state index is 13.8. The van der Waals surface area contributed by atoms with Gasteiger partial charge in [-0.3, -0.25) is 0 Å². The van der Waals surface area contributed by atoms with Crippen molar-refractivity contribution < 1.29 is 19.0 Å². The zero-order chi connectivity index (χ0) is 14.0. The van der Waals surface area contributed by atoms with Gasteiger partial charge in [-0.05, 0) is 30.7 Å². The molecule has 3 N–H and O–H groups in total. The van der Waals surface area contributed by atoms with E-state index in [9.17, 15) is 9.18 Å². The van der Waals surface area contributed by atoms with E-state index in [2.05, 4.69) is 0 Å². The molecule has 0 aliphatic carbocycles. The Kier molecular flexibility index (Phi) is 3.37. The molecule has 2 aromatic rings. The molecule has 0 atom stereocenters. The van der Waals surface area contributed by atoms with Crippen LogP contribution in [0.15, 0.2) is 36.4 Å². The number of ether oxygens (including phenoxy) is 1. The van der Waals surface area contributed by atoms with Gasteiger partial charge in [-0.15, -0.1) is 0 Å². The number of rotatable bonds is 3. The zero-order valence-corrected chi connectivity index (χ0v) is 10.2. The molecule has 0 heterocycles. The second kappa shape index (κ2) is 4.97. The summed E-state index contributed by atoms with van der Waals surface area (Å²) in [5.74, 6) is -1.71. The highest BCUT2D eigenvalue weighted by Crippen LogP contribution is 2.30. The largest absolute Gasteiger partial charge is 0.478 e. The minimum absolute atomic E-state index is 0.0111. The number of carboxylic acid groups (broad SMARTS) is 1. The van der Waals surface area contributed by atoms with Crippen molar-refractivity contribution >= 4 is 11.7 Å². The molecule has 0 amide bonds. The van der Waals surface area contributed by atoms with Gasteiger partial charge in [0.25, 0.3) is 0 Å². The summed E-state index contributed by atoms with van der Waals surface area (Å²) in [4.78, 5) is 11.1. The smallest absolute Gasteiger partial charge is 0.339 e. The van der Waals surface area contributed by atoms with E-state index in [0.29, 0.717) is 11.3 Å². The van der Waals surface area contributed by atoms with Crippen molar-refractivity contribution in [1.82, 2.24) is 0 Å². The van der Waals surface area contributed by atoms with Crippen LogP contribution in [0.4, 0.5) is 10.1 Å². The van der Waals surface area contributed by atoms with E-state index in [1.165, 1.54) is 24.3 Å². The Balaban J connectivity index is 2.45. The molecule has 19 heavy (non-hydrogen) atoms. The van der Waals surface area contributed by atoms with Crippen molar-refractivity contribution in [3.63, 3.8) is 0 Å². The van der Waals surface area contributed by atoms with E-state index < -0.39 is 11.8 Å². The molecular weight excluding hydrogens is 249 g/mol. The number of aromatic carboxylic acids is 1. The van der Waals surface area contributed by atoms with Crippen LogP contribution in [-0.2, 0) is 0 Å². The first-order valence-corrected chi connectivity index (χ1v) is 5.55. The predicted molar refractivity (Wildman–Crippen MR) is 69.0 cm³/mol. The SMILES string of the molecule is Cc1cccc(Oc2cc(N)ccc2C(=O)O)c1F. The van der Waals surface area contributed by atoms with Gasteiger partial charge in [-0.1, -0.05) is 12.1 Å². The first kappa shape index (κ1) is 12.9. The quantitative estimate of drug-likeness (QED) is 0.832. The molecule has 0 spiro atoms. The molecule has 0 saturated heterocycles. The molecule has 0 radical (unpaired) electrons. The highest BCUT2D eigenvalue weighted by Gasteiger charge is 2.14. The lowest BCUT2D eigenvalue weighted by molar-refractivity contribution is 0.0694. The van der Waals surface area contributed by atoms with E-state index in [4.69, 9.17) is 15.6 Å². The van der Waals surface area contributed by atoms with Crippen LogP contribution in [0.1, 0.15) is 15.9 Å². The van der Waals surface area contributed by atoms with E-state index in [-0.39, 0.29) is 17.1 Å². The third-order valence-electron chi connectivity index (χ3n) is 2.61. The summed E-state index contributed by atoms with van der Waals surface area (Å²) in [6.45, 7) is 1.60. The number of carbonyl (C=O) groups is 1. The van der Waals surface area contributed by atoms with Gasteiger partial charge >= 0.3 is 5.97 Å². The molecule has 5 heteroatoms. The molecule has 98 valence electrons. The molecule has 0 saturated carbocycles. The Morgan fingerprint density at radius 2 is 2.00 bits per heavy atom. The molecule has 0 aliphatic rings. The summed E-state index contributed by atoms with van der Waals surface area (Å²) in [6.07, 6.45) is 0. The van der Waals surface area contributed by atoms with E-state index in [1.807, 2.05) is 0 Å². The molecule has 0 aliphatic heterocycles.